The van der Waals surface area contributed by atoms with Crippen LogP contribution in [0.3, 0.4) is 0 Å². The third-order valence-electron chi connectivity index (χ3n) is 2.12. The van der Waals surface area contributed by atoms with Gasteiger partial charge in [0.25, 0.3) is 0 Å². The van der Waals surface area contributed by atoms with Crippen molar-refractivity contribution in [2.75, 3.05) is 0 Å². The molecule has 0 aromatic carbocycles. The van der Waals surface area contributed by atoms with Crippen LogP contribution in [0.15, 0.2) is 0 Å². The molecule has 0 aliphatic carbocycles. The van der Waals surface area contributed by atoms with E-state index in [0.717, 1.165) is 0 Å². The normalized spacial score (nSPS) is 36.5. The first-order valence-corrected chi connectivity index (χ1v) is 3.83. The SMILES string of the molecule is C[C@@H]1CC(=O)OC(C)(C)[C@@H]1O. The molecule has 0 radical (unpaired) electrons. The number of cyclic esters (lactones) is 1. The topological polar surface area (TPSA) is 46.5 Å². The lowest BCUT2D eigenvalue weighted by Gasteiger charge is -2.38. The van der Waals surface area contributed by atoms with E-state index in [0.29, 0.717) is 6.42 Å². The van der Waals surface area contributed by atoms with Crippen molar-refractivity contribution in [1.82, 2.24) is 0 Å². The van der Waals surface area contributed by atoms with Crippen molar-refractivity contribution in [3.63, 3.8) is 0 Å². The lowest BCUT2D eigenvalue weighted by Crippen LogP contribution is -2.49. The summed E-state index contributed by atoms with van der Waals surface area (Å²) in [6, 6.07) is 0. The van der Waals surface area contributed by atoms with Gasteiger partial charge in [-0.25, -0.2) is 0 Å². The van der Waals surface area contributed by atoms with Crippen LogP contribution >= 0.6 is 0 Å². The lowest BCUT2D eigenvalue weighted by atomic mass is 9.86. The summed E-state index contributed by atoms with van der Waals surface area (Å²) in [7, 11) is 0. The Morgan fingerprint density at radius 2 is 2.18 bits per heavy atom. The van der Waals surface area contributed by atoms with Gasteiger partial charge in [-0.05, 0) is 19.8 Å². The van der Waals surface area contributed by atoms with Gasteiger partial charge in [-0.15, -0.1) is 0 Å². The molecule has 3 nitrogen and oxygen atoms in total. The van der Waals surface area contributed by atoms with E-state index < -0.39 is 11.7 Å². The first kappa shape index (κ1) is 8.53. The maximum absolute atomic E-state index is 10.9. The highest BCUT2D eigenvalue weighted by Gasteiger charge is 2.40. The standard InChI is InChI=1S/C8H14O3/c1-5-4-6(9)11-8(2,3)7(5)10/h5,7,10H,4H2,1-3H3/t5-,7-/m1/s1. The number of carbonyl (C=O) groups excluding carboxylic acids is 1. The maximum Gasteiger partial charge on any atom is 0.306 e. The molecule has 0 unspecified atom stereocenters. The second kappa shape index (κ2) is 2.48. The summed E-state index contributed by atoms with van der Waals surface area (Å²) in [5, 5.41) is 9.55. The Balaban J connectivity index is 2.75. The van der Waals surface area contributed by atoms with E-state index in [-0.39, 0.29) is 11.9 Å². The first-order valence-electron chi connectivity index (χ1n) is 3.83. The van der Waals surface area contributed by atoms with Crippen LogP contribution in [-0.4, -0.2) is 22.8 Å². The molecule has 0 aromatic heterocycles. The molecule has 11 heavy (non-hydrogen) atoms. The van der Waals surface area contributed by atoms with E-state index in [1.54, 1.807) is 13.8 Å². The zero-order valence-corrected chi connectivity index (χ0v) is 7.13. The number of hydrogen-bond donors (Lipinski definition) is 1. The van der Waals surface area contributed by atoms with E-state index in [1.807, 2.05) is 6.92 Å². The number of rotatable bonds is 0. The van der Waals surface area contributed by atoms with Gasteiger partial charge in [0.05, 0.1) is 12.5 Å². The van der Waals surface area contributed by atoms with E-state index in [4.69, 9.17) is 4.74 Å². The molecule has 1 N–H and O–H groups in total. The molecule has 2 atom stereocenters. The number of aliphatic hydroxyl groups excluding tert-OH is 1. The fraction of sp³-hybridized carbons (Fsp3) is 0.875. The Morgan fingerprint density at radius 3 is 2.64 bits per heavy atom. The van der Waals surface area contributed by atoms with Gasteiger partial charge >= 0.3 is 5.97 Å². The summed E-state index contributed by atoms with van der Waals surface area (Å²) < 4.78 is 4.97. The van der Waals surface area contributed by atoms with Crippen molar-refractivity contribution < 1.29 is 14.6 Å². The molecule has 3 heteroatoms. The molecule has 0 amide bonds. The highest BCUT2D eigenvalue weighted by Crippen LogP contribution is 2.29. The average Bonchev–Trinajstić information content (AvgIpc) is 1.81. The van der Waals surface area contributed by atoms with E-state index in [9.17, 15) is 9.90 Å². The zero-order chi connectivity index (χ0) is 8.65. The molecule has 0 saturated carbocycles. The molecule has 1 aliphatic rings. The Morgan fingerprint density at radius 1 is 1.64 bits per heavy atom. The highest BCUT2D eigenvalue weighted by atomic mass is 16.6. The number of ether oxygens (including phenoxy) is 1. The number of carbonyl (C=O) groups is 1. The predicted octanol–water partition coefficient (Wildman–Crippen LogP) is 0.709. The first-order chi connectivity index (χ1) is 4.93. The molecule has 64 valence electrons. The van der Waals surface area contributed by atoms with Gasteiger partial charge in [0.2, 0.25) is 0 Å². The van der Waals surface area contributed by atoms with E-state index in [1.165, 1.54) is 0 Å². The van der Waals surface area contributed by atoms with Crippen LogP contribution < -0.4 is 0 Å². The number of hydrogen-bond acceptors (Lipinski definition) is 3. The minimum absolute atomic E-state index is 0.00579. The molecule has 1 aliphatic heterocycles. The van der Waals surface area contributed by atoms with E-state index in [2.05, 4.69) is 0 Å². The monoisotopic (exact) mass is 158 g/mol. The molecule has 1 fully saturated rings. The Labute approximate surface area is 66.4 Å². The molecule has 0 aromatic rings. The van der Waals surface area contributed by atoms with Crippen LogP contribution in [-0.2, 0) is 9.53 Å². The minimum Gasteiger partial charge on any atom is -0.457 e. The van der Waals surface area contributed by atoms with Gasteiger partial charge < -0.3 is 9.84 Å². The summed E-state index contributed by atoms with van der Waals surface area (Å²) in [5.74, 6) is -0.209. The summed E-state index contributed by atoms with van der Waals surface area (Å²) in [5.41, 5.74) is -0.714. The average molecular weight is 158 g/mol. The van der Waals surface area contributed by atoms with Crippen LogP contribution in [0.5, 0.6) is 0 Å². The second-order valence-electron chi connectivity index (χ2n) is 3.70. The number of aliphatic hydroxyl groups is 1. The van der Waals surface area contributed by atoms with Gasteiger partial charge in [0.1, 0.15) is 5.60 Å². The number of esters is 1. The van der Waals surface area contributed by atoms with Crippen molar-refractivity contribution in [3.05, 3.63) is 0 Å². The van der Waals surface area contributed by atoms with Crippen molar-refractivity contribution in [2.45, 2.75) is 38.9 Å². The Kier molecular flexibility index (Phi) is 1.92. The van der Waals surface area contributed by atoms with Crippen LogP contribution in [0.4, 0.5) is 0 Å². The quantitative estimate of drug-likeness (QED) is 0.528. The Hall–Kier alpha value is -0.570. The van der Waals surface area contributed by atoms with Gasteiger partial charge in [-0.3, -0.25) is 4.79 Å². The summed E-state index contributed by atoms with van der Waals surface area (Å²) in [6.45, 7) is 5.31. The van der Waals surface area contributed by atoms with Gasteiger partial charge in [0.15, 0.2) is 0 Å². The van der Waals surface area contributed by atoms with Crippen molar-refractivity contribution >= 4 is 5.97 Å². The molecule has 1 rings (SSSR count). The Bertz CT molecular complexity index is 174. The third kappa shape index (κ3) is 1.53. The van der Waals surface area contributed by atoms with Crippen LogP contribution in [0, 0.1) is 5.92 Å². The van der Waals surface area contributed by atoms with Gasteiger partial charge in [-0.1, -0.05) is 6.92 Å². The molecular formula is C8H14O3. The largest absolute Gasteiger partial charge is 0.457 e. The van der Waals surface area contributed by atoms with E-state index >= 15 is 0 Å². The van der Waals surface area contributed by atoms with Crippen LogP contribution in [0.2, 0.25) is 0 Å². The second-order valence-corrected chi connectivity index (χ2v) is 3.70. The molecule has 1 saturated heterocycles. The fourth-order valence-corrected chi connectivity index (χ4v) is 1.46. The fourth-order valence-electron chi connectivity index (χ4n) is 1.46. The van der Waals surface area contributed by atoms with Crippen molar-refractivity contribution in [1.29, 1.82) is 0 Å². The predicted molar refractivity (Wildman–Crippen MR) is 40.0 cm³/mol. The lowest BCUT2D eigenvalue weighted by molar-refractivity contribution is -0.187. The highest BCUT2D eigenvalue weighted by molar-refractivity contribution is 5.71. The molecule has 0 bridgehead atoms. The summed E-state index contributed by atoms with van der Waals surface area (Å²) in [6.07, 6.45) is -0.217. The van der Waals surface area contributed by atoms with Crippen molar-refractivity contribution in [2.24, 2.45) is 5.92 Å². The van der Waals surface area contributed by atoms with Gasteiger partial charge in [-0.2, -0.15) is 0 Å². The van der Waals surface area contributed by atoms with Crippen LogP contribution in [0.25, 0.3) is 0 Å². The minimum atomic E-state index is -0.714. The summed E-state index contributed by atoms with van der Waals surface area (Å²) >= 11 is 0. The molecule has 1 heterocycles. The smallest absolute Gasteiger partial charge is 0.306 e. The van der Waals surface area contributed by atoms with Gasteiger partial charge in [0, 0.05) is 0 Å². The van der Waals surface area contributed by atoms with Crippen molar-refractivity contribution in [3.8, 4) is 0 Å². The molecule has 0 spiro atoms. The molecular weight excluding hydrogens is 144 g/mol. The maximum atomic E-state index is 10.9. The third-order valence-corrected chi connectivity index (χ3v) is 2.12. The van der Waals surface area contributed by atoms with Crippen LogP contribution in [0.1, 0.15) is 27.2 Å². The zero-order valence-electron chi connectivity index (χ0n) is 7.13. The summed E-state index contributed by atoms with van der Waals surface area (Å²) in [4.78, 5) is 10.9.